The monoisotopic (exact) mass is 283 g/mol. The van der Waals surface area contributed by atoms with Crippen molar-refractivity contribution in [2.24, 2.45) is 0 Å². The van der Waals surface area contributed by atoms with E-state index in [1.807, 2.05) is 32.0 Å². The van der Waals surface area contributed by atoms with Crippen LogP contribution in [-0.4, -0.2) is 20.2 Å². The van der Waals surface area contributed by atoms with Gasteiger partial charge in [-0.1, -0.05) is 12.1 Å². The minimum Gasteiger partial charge on any atom is -0.399 e. The molecular weight excluding hydrogens is 269 g/mol. The van der Waals surface area contributed by atoms with Gasteiger partial charge < -0.3 is 5.73 Å². The first-order valence-corrected chi connectivity index (χ1v) is 6.47. The van der Waals surface area contributed by atoms with Crippen molar-refractivity contribution < 1.29 is 4.39 Å². The highest BCUT2D eigenvalue weighted by Gasteiger charge is 2.14. The van der Waals surface area contributed by atoms with Gasteiger partial charge >= 0.3 is 0 Å². The van der Waals surface area contributed by atoms with Crippen molar-refractivity contribution in [1.29, 1.82) is 0 Å². The summed E-state index contributed by atoms with van der Waals surface area (Å²) >= 11 is 0. The zero-order chi connectivity index (χ0) is 15.0. The van der Waals surface area contributed by atoms with Gasteiger partial charge in [0.1, 0.15) is 5.82 Å². The summed E-state index contributed by atoms with van der Waals surface area (Å²) in [5.74, 6) is 0.0374. The zero-order valence-electron chi connectivity index (χ0n) is 11.7. The molecular formula is C15H14FN5. The fourth-order valence-electron chi connectivity index (χ4n) is 2.22. The molecule has 0 amide bonds. The first kappa shape index (κ1) is 13.2. The number of aromatic nitrogens is 4. The highest BCUT2D eigenvalue weighted by atomic mass is 19.1. The molecule has 0 bridgehead atoms. The minimum absolute atomic E-state index is 0.334. The van der Waals surface area contributed by atoms with Crippen LogP contribution in [0.1, 0.15) is 11.1 Å². The van der Waals surface area contributed by atoms with E-state index in [4.69, 9.17) is 5.73 Å². The van der Waals surface area contributed by atoms with Crippen LogP contribution in [0.2, 0.25) is 0 Å². The van der Waals surface area contributed by atoms with Gasteiger partial charge in [-0.2, -0.15) is 4.68 Å². The van der Waals surface area contributed by atoms with Crippen LogP contribution in [0.5, 0.6) is 0 Å². The summed E-state index contributed by atoms with van der Waals surface area (Å²) in [6, 6.07) is 10.3. The zero-order valence-corrected chi connectivity index (χ0v) is 11.7. The molecule has 106 valence electrons. The van der Waals surface area contributed by atoms with Gasteiger partial charge in [-0.25, -0.2) is 4.39 Å². The van der Waals surface area contributed by atoms with Crippen LogP contribution in [0, 0.1) is 19.7 Å². The smallest absolute Gasteiger partial charge is 0.187 e. The van der Waals surface area contributed by atoms with E-state index >= 15 is 0 Å². The fraction of sp³-hybridized carbons (Fsp3) is 0.133. The SMILES string of the molecule is Cc1ccc(C)c(-n2nnnc2-c2cc(N)cc(F)c2)c1. The lowest BCUT2D eigenvalue weighted by Gasteiger charge is -2.09. The van der Waals surface area contributed by atoms with Gasteiger partial charge in [0, 0.05) is 11.3 Å². The molecule has 1 aromatic heterocycles. The number of hydrogen-bond donors (Lipinski definition) is 1. The lowest BCUT2D eigenvalue weighted by molar-refractivity contribution is 0.628. The van der Waals surface area contributed by atoms with Gasteiger partial charge in [0.05, 0.1) is 5.69 Å². The number of anilines is 1. The van der Waals surface area contributed by atoms with E-state index in [-0.39, 0.29) is 0 Å². The molecule has 0 fully saturated rings. The summed E-state index contributed by atoms with van der Waals surface area (Å²) in [4.78, 5) is 0. The van der Waals surface area contributed by atoms with Crippen molar-refractivity contribution in [3.05, 3.63) is 53.3 Å². The minimum atomic E-state index is -0.416. The molecule has 5 nitrogen and oxygen atoms in total. The first-order valence-electron chi connectivity index (χ1n) is 6.47. The van der Waals surface area contributed by atoms with Crippen LogP contribution in [0.4, 0.5) is 10.1 Å². The predicted octanol–water partition coefficient (Wildman–Crippen LogP) is 2.67. The molecule has 0 aliphatic carbocycles. The molecule has 3 rings (SSSR count). The number of benzene rings is 2. The number of halogens is 1. The first-order chi connectivity index (χ1) is 10.0. The van der Waals surface area contributed by atoms with Gasteiger partial charge in [0.15, 0.2) is 5.82 Å². The molecule has 2 N–H and O–H groups in total. The standard InChI is InChI=1S/C15H14FN5/c1-9-3-4-10(2)14(5-9)21-15(18-19-20-21)11-6-12(16)8-13(17)7-11/h3-8H,17H2,1-2H3. The highest BCUT2D eigenvalue weighted by Crippen LogP contribution is 2.24. The van der Waals surface area contributed by atoms with E-state index in [0.29, 0.717) is 17.1 Å². The summed E-state index contributed by atoms with van der Waals surface area (Å²) in [5, 5.41) is 11.7. The largest absolute Gasteiger partial charge is 0.399 e. The Hall–Kier alpha value is -2.76. The van der Waals surface area contributed by atoms with E-state index in [1.54, 1.807) is 10.7 Å². The molecule has 0 atom stereocenters. The molecule has 1 heterocycles. The molecule has 0 spiro atoms. The van der Waals surface area contributed by atoms with Crippen molar-refractivity contribution in [1.82, 2.24) is 20.2 Å². The molecule has 0 aliphatic rings. The average molecular weight is 283 g/mol. The third-order valence-corrected chi connectivity index (χ3v) is 3.24. The Balaban J connectivity index is 2.19. The molecule has 2 aromatic carbocycles. The Bertz CT molecular complexity index is 789. The molecule has 0 unspecified atom stereocenters. The van der Waals surface area contributed by atoms with Crippen molar-refractivity contribution in [2.45, 2.75) is 13.8 Å². The third kappa shape index (κ3) is 2.47. The van der Waals surface area contributed by atoms with Gasteiger partial charge in [0.25, 0.3) is 0 Å². The normalized spacial score (nSPS) is 10.8. The summed E-state index contributed by atoms with van der Waals surface area (Å²) < 4.78 is 15.1. The van der Waals surface area contributed by atoms with Crippen LogP contribution in [0.25, 0.3) is 17.1 Å². The van der Waals surface area contributed by atoms with Crippen molar-refractivity contribution in [3.8, 4) is 17.1 Å². The summed E-state index contributed by atoms with van der Waals surface area (Å²) in [6.07, 6.45) is 0. The Morgan fingerprint density at radius 3 is 2.67 bits per heavy atom. The topological polar surface area (TPSA) is 69.6 Å². The third-order valence-electron chi connectivity index (χ3n) is 3.24. The fourth-order valence-corrected chi connectivity index (χ4v) is 2.22. The van der Waals surface area contributed by atoms with Gasteiger partial charge in [-0.3, -0.25) is 0 Å². The van der Waals surface area contributed by atoms with Crippen LogP contribution < -0.4 is 5.73 Å². The maximum absolute atomic E-state index is 13.5. The number of nitrogen functional groups attached to an aromatic ring is 1. The molecule has 0 radical (unpaired) electrons. The van der Waals surface area contributed by atoms with Crippen molar-refractivity contribution in [2.75, 3.05) is 5.73 Å². The van der Waals surface area contributed by atoms with Gasteiger partial charge in [0.2, 0.25) is 0 Å². The number of tetrazole rings is 1. The quantitative estimate of drug-likeness (QED) is 0.734. The summed E-state index contributed by atoms with van der Waals surface area (Å²) in [6.45, 7) is 3.97. The van der Waals surface area contributed by atoms with Crippen LogP contribution in [-0.2, 0) is 0 Å². The molecule has 0 aliphatic heterocycles. The molecule has 6 heteroatoms. The molecule has 3 aromatic rings. The number of nitrogens with two attached hydrogens (primary N) is 1. The Morgan fingerprint density at radius 1 is 1.10 bits per heavy atom. The summed E-state index contributed by atoms with van der Waals surface area (Å²) in [7, 11) is 0. The number of rotatable bonds is 2. The second-order valence-electron chi connectivity index (χ2n) is 4.98. The second kappa shape index (κ2) is 4.97. The lowest BCUT2D eigenvalue weighted by Crippen LogP contribution is -2.03. The second-order valence-corrected chi connectivity index (χ2v) is 4.98. The Labute approximate surface area is 121 Å². The van der Waals surface area contributed by atoms with E-state index in [1.165, 1.54) is 12.1 Å². The molecule has 21 heavy (non-hydrogen) atoms. The average Bonchev–Trinajstić information content (AvgIpc) is 2.89. The maximum Gasteiger partial charge on any atom is 0.187 e. The molecule has 0 saturated carbocycles. The number of aryl methyl sites for hydroxylation is 2. The Kier molecular flexibility index (Phi) is 3.13. The van der Waals surface area contributed by atoms with Crippen LogP contribution >= 0.6 is 0 Å². The summed E-state index contributed by atoms with van der Waals surface area (Å²) in [5.41, 5.74) is 9.54. The highest BCUT2D eigenvalue weighted by molar-refractivity contribution is 5.63. The van der Waals surface area contributed by atoms with E-state index in [9.17, 15) is 4.39 Å². The number of hydrogen-bond acceptors (Lipinski definition) is 4. The van der Waals surface area contributed by atoms with Crippen LogP contribution in [0.15, 0.2) is 36.4 Å². The van der Waals surface area contributed by atoms with Gasteiger partial charge in [-0.15, -0.1) is 5.10 Å². The maximum atomic E-state index is 13.5. The van der Waals surface area contributed by atoms with Gasteiger partial charge in [-0.05, 0) is 59.7 Å². The number of nitrogens with zero attached hydrogens (tertiary/aromatic N) is 4. The lowest BCUT2D eigenvalue weighted by atomic mass is 10.1. The van der Waals surface area contributed by atoms with E-state index in [2.05, 4.69) is 15.5 Å². The predicted molar refractivity (Wildman–Crippen MR) is 78.4 cm³/mol. The Morgan fingerprint density at radius 2 is 1.90 bits per heavy atom. The molecule has 0 saturated heterocycles. The van der Waals surface area contributed by atoms with Crippen molar-refractivity contribution in [3.63, 3.8) is 0 Å². The van der Waals surface area contributed by atoms with E-state index in [0.717, 1.165) is 16.8 Å². The van der Waals surface area contributed by atoms with Crippen molar-refractivity contribution >= 4 is 5.69 Å². The van der Waals surface area contributed by atoms with Crippen LogP contribution in [0.3, 0.4) is 0 Å². The van der Waals surface area contributed by atoms with E-state index < -0.39 is 5.82 Å².